The Balaban J connectivity index is 1.32. The molecule has 4 fully saturated rings. The molecule has 1 amide bonds. The van der Waals surface area contributed by atoms with E-state index in [0.29, 0.717) is 16.7 Å². The third-order valence-corrected chi connectivity index (χ3v) is 7.88. The molecule has 1 heterocycles. The van der Waals surface area contributed by atoms with E-state index in [1.807, 2.05) is 30.3 Å². The van der Waals surface area contributed by atoms with Crippen molar-refractivity contribution in [2.45, 2.75) is 47.9 Å². The molecule has 0 saturated heterocycles. The first-order valence-corrected chi connectivity index (χ1v) is 11.7. The number of benzene rings is 1. The third-order valence-electron chi connectivity index (χ3n) is 6.81. The molecule has 31 heavy (non-hydrogen) atoms. The number of carbonyl (C=O) groups excluding carboxylic acids is 1. The molecule has 2 aromatic rings. The lowest BCUT2D eigenvalue weighted by molar-refractivity contribution is -0.0669. The van der Waals surface area contributed by atoms with E-state index >= 15 is 0 Å². The quantitative estimate of drug-likeness (QED) is 0.343. The van der Waals surface area contributed by atoms with Crippen LogP contribution in [0.1, 0.15) is 36.2 Å². The summed E-state index contributed by atoms with van der Waals surface area (Å²) in [4.78, 5) is 14.7. The van der Waals surface area contributed by atoms with E-state index in [1.54, 1.807) is 0 Å². The van der Waals surface area contributed by atoms with Gasteiger partial charge in [0.1, 0.15) is 11.5 Å². The molecule has 4 unspecified atom stereocenters. The van der Waals surface area contributed by atoms with Crippen molar-refractivity contribution in [3.63, 3.8) is 0 Å². The van der Waals surface area contributed by atoms with E-state index in [-0.39, 0.29) is 36.7 Å². The SMILES string of the molecule is O=C(NC1C2CC3CC1[C@@H](C3)C2)c1onc(OCCNC(O)O)c1Sc1ccccc1. The molecule has 4 aliphatic carbocycles. The smallest absolute Gasteiger partial charge is 0.291 e. The van der Waals surface area contributed by atoms with Crippen molar-refractivity contribution in [3.8, 4) is 5.88 Å². The summed E-state index contributed by atoms with van der Waals surface area (Å²) in [6.45, 7) is 0.346. The molecule has 4 bridgehead atoms. The number of ether oxygens (including phenoxy) is 1. The topological polar surface area (TPSA) is 117 Å². The van der Waals surface area contributed by atoms with E-state index in [4.69, 9.17) is 19.5 Å². The lowest BCUT2D eigenvalue weighted by atomic mass is 9.79. The highest BCUT2D eigenvalue weighted by Crippen LogP contribution is 2.58. The summed E-state index contributed by atoms with van der Waals surface area (Å²) in [6, 6.07) is 9.89. The molecule has 4 aliphatic rings. The Labute approximate surface area is 184 Å². The van der Waals surface area contributed by atoms with Crippen LogP contribution in [0, 0.1) is 23.7 Å². The summed E-state index contributed by atoms with van der Waals surface area (Å²) in [5.41, 5.74) is 0. The number of nitrogens with one attached hydrogen (secondary N) is 2. The van der Waals surface area contributed by atoms with Gasteiger partial charge >= 0.3 is 0 Å². The van der Waals surface area contributed by atoms with E-state index < -0.39 is 6.41 Å². The first kappa shape index (κ1) is 20.8. The van der Waals surface area contributed by atoms with Crippen molar-refractivity contribution in [2.24, 2.45) is 23.7 Å². The van der Waals surface area contributed by atoms with Gasteiger partial charge in [-0.2, -0.15) is 0 Å². The predicted octanol–water partition coefficient (Wildman–Crippen LogP) is 2.23. The highest BCUT2D eigenvalue weighted by atomic mass is 32.2. The average molecular weight is 446 g/mol. The number of rotatable bonds is 9. The maximum Gasteiger partial charge on any atom is 0.291 e. The standard InChI is InChI=1S/C22H27N3O5S/c26-20(24-17-14-9-12-8-13(11-14)16(17)10-12)18-19(31-15-4-2-1-3-5-15)21(25-30-18)29-7-6-23-22(27)28/h1-5,12-14,16-17,22-23,27-28H,6-11H2,(H,24,26)/t12?,13-,14?,16?,17?/m0/s1. The minimum atomic E-state index is -1.61. The van der Waals surface area contributed by atoms with Crippen LogP contribution in [0.25, 0.3) is 0 Å². The molecule has 1 aromatic heterocycles. The second kappa shape index (κ2) is 8.82. The average Bonchev–Trinajstić information content (AvgIpc) is 3.35. The summed E-state index contributed by atoms with van der Waals surface area (Å²) in [6.07, 6.45) is 3.38. The fraction of sp³-hybridized carbons (Fsp3) is 0.545. The third kappa shape index (κ3) is 4.32. The van der Waals surface area contributed by atoms with Gasteiger partial charge in [-0.05, 0) is 66.6 Å². The molecule has 5 atom stereocenters. The Hall–Kier alpha value is -2.07. The van der Waals surface area contributed by atoms with E-state index in [9.17, 15) is 4.79 Å². The zero-order chi connectivity index (χ0) is 21.4. The largest absolute Gasteiger partial charge is 0.473 e. The molecular weight excluding hydrogens is 418 g/mol. The number of amides is 1. The Morgan fingerprint density at radius 3 is 2.77 bits per heavy atom. The number of nitrogens with zero attached hydrogens (tertiary/aromatic N) is 1. The fourth-order valence-electron chi connectivity index (χ4n) is 5.71. The monoisotopic (exact) mass is 445 g/mol. The van der Waals surface area contributed by atoms with Crippen LogP contribution >= 0.6 is 11.8 Å². The fourth-order valence-corrected chi connectivity index (χ4v) is 6.65. The lowest BCUT2D eigenvalue weighted by Gasteiger charge is -2.32. The zero-order valence-electron chi connectivity index (χ0n) is 17.1. The van der Waals surface area contributed by atoms with Crippen molar-refractivity contribution >= 4 is 17.7 Å². The minimum Gasteiger partial charge on any atom is -0.473 e. The van der Waals surface area contributed by atoms with Crippen molar-refractivity contribution < 1.29 is 24.3 Å². The second-order valence-electron chi connectivity index (χ2n) is 8.73. The van der Waals surface area contributed by atoms with Gasteiger partial charge in [0, 0.05) is 17.5 Å². The van der Waals surface area contributed by atoms with Crippen molar-refractivity contribution in [3.05, 3.63) is 36.1 Å². The van der Waals surface area contributed by atoms with Crippen molar-refractivity contribution in [2.75, 3.05) is 13.2 Å². The van der Waals surface area contributed by atoms with Gasteiger partial charge in [-0.3, -0.25) is 10.1 Å². The summed E-state index contributed by atoms with van der Waals surface area (Å²) >= 11 is 1.37. The van der Waals surface area contributed by atoms with Crippen LogP contribution in [0.15, 0.2) is 44.6 Å². The highest BCUT2D eigenvalue weighted by Gasteiger charge is 2.54. The normalized spacial score (nSPS) is 28.4. The van der Waals surface area contributed by atoms with Gasteiger partial charge in [0.05, 0.1) is 0 Å². The van der Waals surface area contributed by atoms with Crippen LogP contribution in [-0.4, -0.2) is 46.9 Å². The van der Waals surface area contributed by atoms with Crippen LogP contribution < -0.4 is 15.4 Å². The number of aliphatic hydroxyl groups is 2. The van der Waals surface area contributed by atoms with Gasteiger partial charge in [0.15, 0.2) is 0 Å². The van der Waals surface area contributed by atoms with Crippen molar-refractivity contribution in [1.29, 1.82) is 0 Å². The predicted molar refractivity (Wildman–Crippen MR) is 112 cm³/mol. The maximum atomic E-state index is 13.2. The lowest BCUT2D eigenvalue weighted by Crippen LogP contribution is -2.44. The van der Waals surface area contributed by atoms with Crippen LogP contribution in [0.2, 0.25) is 0 Å². The Morgan fingerprint density at radius 2 is 2.00 bits per heavy atom. The first-order valence-electron chi connectivity index (χ1n) is 10.8. The number of hydrogen-bond acceptors (Lipinski definition) is 8. The van der Waals surface area contributed by atoms with E-state index in [1.165, 1.54) is 37.4 Å². The molecule has 0 aliphatic heterocycles. The van der Waals surface area contributed by atoms with Crippen LogP contribution in [0.4, 0.5) is 0 Å². The van der Waals surface area contributed by atoms with Crippen LogP contribution in [-0.2, 0) is 0 Å². The molecule has 166 valence electrons. The van der Waals surface area contributed by atoms with Gasteiger partial charge in [-0.1, -0.05) is 30.0 Å². The molecule has 8 nitrogen and oxygen atoms in total. The molecule has 6 rings (SSSR count). The van der Waals surface area contributed by atoms with E-state index in [0.717, 1.165) is 16.7 Å². The summed E-state index contributed by atoms with van der Waals surface area (Å²) in [5, 5.41) is 27.5. The summed E-state index contributed by atoms with van der Waals surface area (Å²) < 4.78 is 11.1. The minimum absolute atomic E-state index is 0.142. The van der Waals surface area contributed by atoms with Crippen molar-refractivity contribution in [1.82, 2.24) is 15.8 Å². The molecule has 4 saturated carbocycles. The van der Waals surface area contributed by atoms with Gasteiger partial charge in [0.2, 0.25) is 12.2 Å². The molecule has 0 spiro atoms. The molecule has 1 aromatic carbocycles. The number of aliphatic hydroxyl groups excluding tert-OH is 1. The first-order chi connectivity index (χ1) is 15.1. The van der Waals surface area contributed by atoms with Gasteiger partial charge in [0.25, 0.3) is 11.8 Å². The van der Waals surface area contributed by atoms with Crippen LogP contribution in [0.5, 0.6) is 5.88 Å². The molecule has 9 heteroatoms. The Kier molecular flexibility index (Phi) is 5.92. The van der Waals surface area contributed by atoms with Crippen LogP contribution in [0.3, 0.4) is 0 Å². The number of hydrogen-bond donors (Lipinski definition) is 4. The number of aromatic nitrogens is 1. The number of carbonyl (C=O) groups is 1. The molecule has 0 radical (unpaired) electrons. The maximum absolute atomic E-state index is 13.2. The summed E-state index contributed by atoms with van der Waals surface area (Å²) in [5.74, 6) is 2.92. The molecular formula is C22H27N3O5S. The Bertz CT molecular complexity index is 917. The van der Waals surface area contributed by atoms with E-state index in [2.05, 4.69) is 15.8 Å². The Morgan fingerprint density at radius 1 is 1.19 bits per heavy atom. The highest BCUT2D eigenvalue weighted by molar-refractivity contribution is 7.99. The van der Waals surface area contributed by atoms with Gasteiger partial charge in [-0.25, -0.2) is 0 Å². The zero-order valence-corrected chi connectivity index (χ0v) is 17.9. The second-order valence-corrected chi connectivity index (χ2v) is 9.81. The summed E-state index contributed by atoms with van der Waals surface area (Å²) in [7, 11) is 0. The molecule has 4 N–H and O–H groups in total. The van der Waals surface area contributed by atoms with Gasteiger partial charge < -0.3 is 24.8 Å². The van der Waals surface area contributed by atoms with Gasteiger partial charge in [-0.15, -0.1) is 0 Å².